The number of hydrogen-bond acceptors (Lipinski definition) is 3. The van der Waals surface area contributed by atoms with Crippen molar-refractivity contribution in [2.75, 3.05) is 0 Å². The van der Waals surface area contributed by atoms with Crippen LogP contribution in [-0.4, -0.2) is 10.4 Å². The van der Waals surface area contributed by atoms with Crippen molar-refractivity contribution >= 4 is 54.9 Å². The molecule has 0 atom stereocenters. The number of fused-ring (bicyclic) bond motifs is 7. The lowest BCUT2D eigenvalue weighted by atomic mass is 9.85. The molecule has 0 spiro atoms. The molecule has 4 heteroatoms. The average Bonchev–Trinajstić information content (AvgIpc) is 3.47. The summed E-state index contributed by atoms with van der Waals surface area (Å²) in [6.45, 7) is 4.40. The number of nitriles is 1. The van der Waals surface area contributed by atoms with Gasteiger partial charge in [0.2, 0.25) is 0 Å². The highest BCUT2D eigenvalue weighted by Crippen LogP contribution is 2.45. The molecule has 210 valence electrons. The molecule has 1 aliphatic rings. The molecule has 0 amide bonds. The molecule has 0 saturated heterocycles. The van der Waals surface area contributed by atoms with Crippen molar-refractivity contribution in [3.05, 3.63) is 149 Å². The Balaban J connectivity index is 1.51. The Labute approximate surface area is 256 Å². The lowest BCUT2D eigenvalue weighted by Gasteiger charge is -2.23. The average molecular weight is 567 g/mol. The van der Waals surface area contributed by atoms with Crippen LogP contribution in [-0.2, 0) is 11.8 Å². The van der Waals surface area contributed by atoms with E-state index in [1.807, 2.05) is 24.3 Å². The van der Waals surface area contributed by atoms with Gasteiger partial charge >= 0.3 is 0 Å². The van der Waals surface area contributed by atoms with Gasteiger partial charge in [-0.2, -0.15) is 5.26 Å². The van der Waals surface area contributed by atoms with Crippen molar-refractivity contribution in [2.24, 2.45) is 10.7 Å². The Hall–Kier alpha value is -5.66. The fourth-order valence-electron chi connectivity index (χ4n) is 7.02. The van der Waals surface area contributed by atoms with Crippen molar-refractivity contribution in [3.8, 4) is 6.07 Å². The summed E-state index contributed by atoms with van der Waals surface area (Å²) in [4.78, 5) is 5.56. The van der Waals surface area contributed by atoms with Crippen molar-refractivity contribution in [1.29, 1.82) is 5.26 Å². The summed E-state index contributed by atoms with van der Waals surface area (Å²) in [6, 6.07) is 44.6. The summed E-state index contributed by atoms with van der Waals surface area (Å²) >= 11 is 0. The van der Waals surface area contributed by atoms with Gasteiger partial charge in [-0.3, -0.25) is 4.57 Å². The predicted molar refractivity (Wildman–Crippen MR) is 183 cm³/mol. The Morgan fingerprint density at radius 1 is 0.750 bits per heavy atom. The molecule has 8 rings (SSSR count). The summed E-state index contributed by atoms with van der Waals surface area (Å²) in [5, 5.41) is 16.8. The topological polar surface area (TPSA) is 67.1 Å². The van der Waals surface area contributed by atoms with Crippen LogP contribution in [0.3, 0.4) is 0 Å². The third-order valence-corrected chi connectivity index (χ3v) is 9.17. The van der Waals surface area contributed by atoms with Crippen LogP contribution in [0.2, 0.25) is 0 Å². The van der Waals surface area contributed by atoms with E-state index < -0.39 is 0 Å². The van der Waals surface area contributed by atoms with Crippen molar-refractivity contribution < 1.29 is 0 Å². The minimum atomic E-state index is -0.381. The SMILES string of the molecule is CC1(C)C(N=C(Cc2cccc(C#N)c2)n2c3cc4ccccc4cc3c3ccc4ccccc4c32)=C(N)c2ccccc21. The third-order valence-electron chi connectivity index (χ3n) is 9.17. The van der Waals surface area contributed by atoms with Gasteiger partial charge < -0.3 is 5.73 Å². The van der Waals surface area contributed by atoms with E-state index in [4.69, 9.17) is 10.7 Å². The van der Waals surface area contributed by atoms with Crippen LogP contribution in [0.4, 0.5) is 0 Å². The van der Waals surface area contributed by atoms with Crippen LogP contribution >= 0.6 is 0 Å². The standard InChI is InChI=1S/C40H30N4/c1-40(2)34-17-8-7-16-32(34)37(42)39(40)43-36(21-25-10-9-11-26(20-25)24-41)44-35-23-29-14-4-3-13-28(29)22-33(35)31-19-18-27-12-5-6-15-30(27)38(31)44/h3-20,22-23H,21,42H2,1-2H3. The molecule has 4 nitrogen and oxygen atoms in total. The van der Waals surface area contributed by atoms with Crippen LogP contribution < -0.4 is 5.73 Å². The highest BCUT2D eigenvalue weighted by molar-refractivity contribution is 6.24. The van der Waals surface area contributed by atoms with Gasteiger partial charge in [0.25, 0.3) is 0 Å². The van der Waals surface area contributed by atoms with Gasteiger partial charge in [-0.1, -0.05) is 111 Å². The van der Waals surface area contributed by atoms with Gasteiger partial charge in [0.1, 0.15) is 5.84 Å². The molecule has 6 aromatic carbocycles. The predicted octanol–water partition coefficient (Wildman–Crippen LogP) is 9.08. The fourth-order valence-corrected chi connectivity index (χ4v) is 7.02. The molecular formula is C40H30N4. The zero-order valence-electron chi connectivity index (χ0n) is 24.7. The summed E-state index contributed by atoms with van der Waals surface area (Å²) in [6.07, 6.45) is 0.521. The van der Waals surface area contributed by atoms with E-state index in [-0.39, 0.29) is 5.41 Å². The highest BCUT2D eigenvalue weighted by Gasteiger charge is 2.37. The van der Waals surface area contributed by atoms with Crippen molar-refractivity contribution in [2.45, 2.75) is 25.7 Å². The first-order valence-electron chi connectivity index (χ1n) is 15.0. The Morgan fingerprint density at radius 3 is 2.27 bits per heavy atom. The molecule has 0 saturated carbocycles. The molecule has 1 aromatic heterocycles. The van der Waals surface area contributed by atoms with Crippen molar-refractivity contribution in [3.63, 3.8) is 0 Å². The number of hydrogen-bond donors (Lipinski definition) is 1. The lowest BCUT2D eigenvalue weighted by molar-refractivity contribution is 0.630. The highest BCUT2D eigenvalue weighted by atomic mass is 15.1. The summed E-state index contributed by atoms with van der Waals surface area (Å²) in [5.41, 5.74) is 14.2. The number of allylic oxidation sites excluding steroid dienone is 1. The van der Waals surface area contributed by atoms with Crippen LogP contribution in [0.15, 0.2) is 132 Å². The van der Waals surface area contributed by atoms with Crippen LogP contribution in [0.5, 0.6) is 0 Å². The molecule has 0 radical (unpaired) electrons. The van der Waals surface area contributed by atoms with E-state index in [0.29, 0.717) is 17.7 Å². The minimum absolute atomic E-state index is 0.381. The van der Waals surface area contributed by atoms with Gasteiger partial charge in [-0.15, -0.1) is 0 Å². The zero-order valence-corrected chi connectivity index (χ0v) is 24.7. The minimum Gasteiger partial charge on any atom is -0.397 e. The van der Waals surface area contributed by atoms with E-state index in [1.54, 1.807) is 0 Å². The second-order valence-electron chi connectivity index (χ2n) is 12.2. The fraction of sp³-hybridized carbons (Fsp3) is 0.100. The second-order valence-corrected chi connectivity index (χ2v) is 12.2. The summed E-state index contributed by atoms with van der Waals surface area (Å²) in [5.74, 6) is 0.866. The lowest BCUT2D eigenvalue weighted by Crippen LogP contribution is -2.21. The quantitative estimate of drug-likeness (QED) is 0.171. The number of rotatable bonds is 3. The van der Waals surface area contributed by atoms with E-state index >= 15 is 0 Å². The molecule has 0 bridgehead atoms. The maximum Gasteiger partial charge on any atom is 0.118 e. The van der Waals surface area contributed by atoms with Crippen LogP contribution in [0, 0.1) is 11.3 Å². The second kappa shape index (κ2) is 9.69. The zero-order chi connectivity index (χ0) is 30.0. The van der Waals surface area contributed by atoms with Gasteiger partial charge in [0, 0.05) is 33.6 Å². The smallest absolute Gasteiger partial charge is 0.118 e. The Bertz CT molecular complexity index is 2410. The number of nitrogens with two attached hydrogens (primary N) is 1. The maximum atomic E-state index is 9.71. The largest absolute Gasteiger partial charge is 0.397 e. The first-order chi connectivity index (χ1) is 21.4. The molecule has 7 aromatic rings. The Morgan fingerprint density at radius 2 is 1.48 bits per heavy atom. The number of aliphatic imine (C=N–C) groups is 1. The molecule has 1 aliphatic carbocycles. The van der Waals surface area contributed by atoms with Gasteiger partial charge in [-0.25, -0.2) is 4.99 Å². The maximum absolute atomic E-state index is 9.71. The molecule has 0 unspecified atom stereocenters. The third kappa shape index (κ3) is 3.87. The summed E-state index contributed by atoms with van der Waals surface area (Å²) in [7, 11) is 0. The van der Waals surface area contributed by atoms with E-state index in [0.717, 1.165) is 33.7 Å². The van der Waals surface area contributed by atoms with Gasteiger partial charge in [0.05, 0.1) is 34.1 Å². The molecule has 0 fully saturated rings. The van der Waals surface area contributed by atoms with Crippen LogP contribution in [0.1, 0.15) is 36.1 Å². The number of benzene rings is 6. The van der Waals surface area contributed by atoms with Gasteiger partial charge in [-0.05, 0) is 51.6 Å². The van der Waals surface area contributed by atoms with Crippen LogP contribution in [0.25, 0.3) is 49.0 Å². The van der Waals surface area contributed by atoms with Crippen molar-refractivity contribution in [1.82, 2.24) is 4.57 Å². The van der Waals surface area contributed by atoms with E-state index in [2.05, 4.69) is 122 Å². The normalized spacial score (nSPS) is 14.5. The molecule has 44 heavy (non-hydrogen) atoms. The molecule has 1 heterocycles. The molecular weight excluding hydrogens is 536 g/mol. The first-order valence-corrected chi connectivity index (χ1v) is 15.0. The number of nitrogens with zero attached hydrogens (tertiary/aromatic N) is 3. The number of aromatic nitrogens is 1. The molecule has 2 N–H and O–H groups in total. The monoisotopic (exact) mass is 566 g/mol. The van der Waals surface area contributed by atoms with E-state index in [9.17, 15) is 5.26 Å². The van der Waals surface area contributed by atoms with Gasteiger partial charge in [0.15, 0.2) is 0 Å². The van der Waals surface area contributed by atoms with E-state index in [1.165, 1.54) is 37.9 Å². The Kier molecular flexibility index (Phi) is 5.73. The molecule has 0 aliphatic heterocycles. The summed E-state index contributed by atoms with van der Waals surface area (Å²) < 4.78 is 2.35. The first kappa shape index (κ1) is 26.0.